The van der Waals surface area contributed by atoms with Gasteiger partial charge < -0.3 is 5.32 Å². The van der Waals surface area contributed by atoms with Crippen LogP contribution < -0.4 is 5.32 Å². The number of nitro benzene ring substituents is 1. The number of hydrogen-bond donors (Lipinski definition) is 1. The first-order valence-electron chi connectivity index (χ1n) is 6.06. The van der Waals surface area contributed by atoms with Crippen LogP contribution in [0.4, 0.5) is 5.69 Å². The largest absolute Gasteiger partial charge is 0.310 e. The van der Waals surface area contributed by atoms with E-state index in [0.29, 0.717) is 18.5 Å². The van der Waals surface area contributed by atoms with E-state index in [4.69, 9.17) is 0 Å². The van der Waals surface area contributed by atoms with E-state index in [1.807, 2.05) is 6.07 Å². The van der Waals surface area contributed by atoms with Crippen LogP contribution in [0.2, 0.25) is 0 Å². The number of rotatable bonds is 6. The van der Waals surface area contributed by atoms with Crippen LogP contribution in [0.15, 0.2) is 22.7 Å². The van der Waals surface area contributed by atoms with Gasteiger partial charge in [0.15, 0.2) is 0 Å². The van der Waals surface area contributed by atoms with Gasteiger partial charge in [0.2, 0.25) is 0 Å². The van der Waals surface area contributed by atoms with E-state index >= 15 is 0 Å². The van der Waals surface area contributed by atoms with Crippen LogP contribution in [0.5, 0.6) is 0 Å². The zero-order valence-electron chi connectivity index (χ0n) is 10.9. The quantitative estimate of drug-likeness (QED) is 0.640. The van der Waals surface area contributed by atoms with Gasteiger partial charge in [-0.15, -0.1) is 0 Å². The summed E-state index contributed by atoms with van der Waals surface area (Å²) in [6, 6.07) is 5.52. The first kappa shape index (κ1) is 15.1. The average Bonchev–Trinajstić information content (AvgIpc) is 2.26. The smallest absolute Gasteiger partial charge is 0.275 e. The summed E-state index contributed by atoms with van der Waals surface area (Å²) in [5, 5.41) is 14.3. The lowest BCUT2D eigenvalue weighted by atomic mass is 10.0. The van der Waals surface area contributed by atoms with E-state index < -0.39 is 0 Å². The summed E-state index contributed by atoms with van der Waals surface area (Å²) in [7, 11) is 0. The third-order valence-electron chi connectivity index (χ3n) is 2.71. The zero-order valence-corrected chi connectivity index (χ0v) is 12.5. The fourth-order valence-electron chi connectivity index (χ4n) is 1.93. The molecular formula is C13H19BrN2O2. The highest BCUT2D eigenvalue weighted by Crippen LogP contribution is 2.23. The van der Waals surface area contributed by atoms with Crippen molar-refractivity contribution < 1.29 is 4.92 Å². The molecule has 0 aromatic heterocycles. The number of hydrogen-bond acceptors (Lipinski definition) is 3. The lowest BCUT2D eigenvalue weighted by Gasteiger charge is -2.15. The third-order valence-corrected chi connectivity index (χ3v) is 3.20. The molecule has 0 saturated heterocycles. The molecule has 1 unspecified atom stereocenters. The molecule has 4 nitrogen and oxygen atoms in total. The maximum atomic E-state index is 11.0. The Bertz CT molecular complexity index is 421. The fraction of sp³-hybridized carbons (Fsp3) is 0.538. The topological polar surface area (TPSA) is 55.2 Å². The molecule has 1 atom stereocenters. The van der Waals surface area contributed by atoms with Crippen molar-refractivity contribution in [2.24, 2.45) is 5.92 Å². The Balaban J connectivity index is 2.70. The normalized spacial score (nSPS) is 12.7. The predicted molar refractivity (Wildman–Crippen MR) is 76.6 cm³/mol. The van der Waals surface area contributed by atoms with Crippen molar-refractivity contribution in [2.45, 2.75) is 39.8 Å². The molecule has 0 amide bonds. The van der Waals surface area contributed by atoms with Crippen molar-refractivity contribution in [1.29, 1.82) is 0 Å². The van der Waals surface area contributed by atoms with E-state index in [1.165, 1.54) is 0 Å². The van der Waals surface area contributed by atoms with Crippen LogP contribution in [0.3, 0.4) is 0 Å². The number of halogens is 1. The van der Waals surface area contributed by atoms with Crippen molar-refractivity contribution in [3.63, 3.8) is 0 Å². The highest BCUT2D eigenvalue weighted by molar-refractivity contribution is 9.10. The summed E-state index contributed by atoms with van der Waals surface area (Å²) in [6.07, 6.45) is 1.06. The van der Waals surface area contributed by atoms with Gasteiger partial charge in [-0.05, 0) is 31.4 Å². The first-order chi connectivity index (χ1) is 8.40. The second kappa shape index (κ2) is 6.85. The van der Waals surface area contributed by atoms with Gasteiger partial charge in [-0.2, -0.15) is 0 Å². The minimum Gasteiger partial charge on any atom is -0.310 e. The van der Waals surface area contributed by atoms with Crippen molar-refractivity contribution in [2.75, 3.05) is 0 Å². The number of nitrogens with zero attached hydrogens (tertiary/aromatic N) is 1. The Morgan fingerprint density at radius 3 is 2.61 bits per heavy atom. The molecule has 0 saturated carbocycles. The molecule has 0 aliphatic carbocycles. The summed E-state index contributed by atoms with van der Waals surface area (Å²) >= 11 is 3.25. The summed E-state index contributed by atoms with van der Waals surface area (Å²) in [6.45, 7) is 6.96. The Kier molecular flexibility index (Phi) is 5.75. The lowest BCUT2D eigenvalue weighted by molar-refractivity contribution is -0.385. The molecule has 0 radical (unpaired) electrons. The highest BCUT2D eigenvalue weighted by atomic mass is 79.9. The lowest BCUT2D eigenvalue weighted by Crippen LogP contribution is -2.27. The average molecular weight is 315 g/mol. The van der Waals surface area contributed by atoms with E-state index in [2.05, 4.69) is 42.0 Å². The molecule has 0 heterocycles. The second-order valence-electron chi connectivity index (χ2n) is 4.94. The van der Waals surface area contributed by atoms with Gasteiger partial charge in [0.05, 0.1) is 4.92 Å². The Hall–Kier alpha value is -0.940. The fourth-order valence-corrected chi connectivity index (χ4v) is 2.28. The van der Waals surface area contributed by atoms with Crippen LogP contribution >= 0.6 is 15.9 Å². The minimum absolute atomic E-state index is 0.161. The monoisotopic (exact) mass is 314 g/mol. The summed E-state index contributed by atoms with van der Waals surface area (Å²) < 4.78 is 0.730. The van der Waals surface area contributed by atoms with Crippen LogP contribution in [0.25, 0.3) is 0 Å². The summed E-state index contributed by atoms with van der Waals surface area (Å²) in [5.41, 5.74) is 0.882. The maximum Gasteiger partial charge on any atom is 0.275 e. The van der Waals surface area contributed by atoms with Crippen molar-refractivity contribution in [3.8, 4) is 0 Å². The molecule has 1 aromatic carbocycles. The van der Waals surface area contributed by atoms with E-state index in [9.17, 15) is 10.1 Å². The van der Waals surface area contributed by atoms with Gasteiger partial charge in [-0.3, -0.25) is 10.1 Å². The van der Waals surface area contributed by atoms with Crippen LogP contribution in [-0.2, 0) is 6.54 Å². The van der Waals surface area contributed by atoms with Crippen LogP contribution in [-0.4, -0.2) is 11.0 Å². The molecule has 5 heteroatoms. The number of nitro groups is 1. The minimum atomic E-state index is -0.338. The standard InChI is InChI=1S/C13H19BrN2O2/c1-9(2)6-10(3)15-8-11-4-5-12(14)7-13(11)16(17)18/h4-5,7,9-10,15H,6,8H2,1-3H3. The van der Waals surface area contributed by atoms with Gasteiger partial charge in [-0.1, -0.05) is 29.8 Å². The zero-order chi connectivity index (χ0) is 13.7. The van der Waals surface area contributed by atoms with E-state index in [-0.39, 0.29) is 10.6 Å². The molecule has 0 aliphatic rings. The molecule has 0 bridgehead atoms. The van der Waals surface area contributed by atoms with Crippen molar-refractivity contribution in [3.05, 3.63) is 38.3 Å². The predicted octanol–water partition coefficient (Wildman–Crippen LogP) is 3.88. The third kappa shape index (κ3) is 4.74. The maximum absolute atomic E-state index is 11.0. The van der Waals surface area contributed by atoms with Crippen LogP contribution in [0, 0.1) is 16.0 Å². The van der Waals surface area contributed by atoms with Crippen LogP contribution in [0.1, 0.15) is 32.8 Å². The molecule has 1 N–H and O–H groups in total. The van der Waals surface area contributed by atoms with Gasteiger partial charge in [0.1, 0.15) is 0 Å². The van der Waals surface area contributed by atoms with Crippen molar-refractivity contribution >= 4 is 21.6 Å². The summed E-state index contributed by atoms with van der Waals surface area (Å²) in [5.74, 6) is 0.618. The molecule has 1 aromatic rings. The summed E-state index contributed by atoms with van der Waals surface area (Å²) in [4.78, 5) is 10.6. The number of nitrogens with one attached hydrogen (secondary N) is 1. The molecule has 18 heavy (non-hydrogen) atoms. The molecule has 100 valence electrons. The van der Waals surface area contributed by atoms with E-state index in [1.54, 1.807) is 12.1 Å². The molecule has 0 fully saturated rings. The Morgan fingerprint density at radius 2 is 2.06 bits per heavy atom. The van der Waals surface area contributed by atoms with Gasteiger partial charge in [0.25, 0.3) is 5.69 Å². The molecule has 0 spiro atoms. The van der Waals surface area contributed by atoms with E-state index in [0.717, 1.165) is 16.5 Å². The first-order valence-corrected chi connectivity index (χ1v) is 6.85. The second-order valence-corrected chi connectivity index (χ2v) is 5.86. The van der Waals surface area contributed by atoms with Gasteiger partial charge in [0, 0.05) is 28.7 Å². The highest BCUT2D eigenvalue weighted by Gasteiger charge is 2.14. The molecule has 1 rings (SSSR count). The molecular weight excluding hydrogens is 296 g/mol. The Morgan fingerprint density at radius 1 is 1.39 bits per heavy atom. The van der Waals surface area contributed by atoms with Crippen molar-refractivity contribution in [1.82, 2.24) is 5.32 Å². The van der Waals surface area contributed by atoms with Gasteiger partial charge in [-0.25, -0.2) is 0 Å². The molecule has 0 aliphatic heterocycles. The number of benzene rings is 1. The Labute approximate surface area is 116 Å². The van der Waals surface area contributed by atoms with Gasteiger partial charge >= 0.3 is 0 Å². The SMILES string of the molecule is CC(C)CC(C)NCc1ccc(Br)cc1[N+](=O)[O-].